The average Bonchev–Trinajstić information content (AvgIpc) is 2.82. The Bertz CT molecular complexity index is 1070. The number of carbonyl (C=O) groups excluding carboxylic acids is 3. The zero-order valence-corrected chi connectivity index (χ0v) is 24.4. The summed E-state index contributed by atoms with van der Waals surface area (Å²) in [6.45, 7) is 13.4. The highest BCUT2D eigenvalue weighted by molar-refractivity contribution is 5.92. The second-order valence-electron chi connectivity index (χ2n) is 11.9. The number of alkyl carbamates (subject to hydrolysis) is 1. The van der Waals surface area contributed by atoms with Crippen molar-refractivity contribution < 1.29 is 24.2 Å². The summed E-state index contributed by atoms with van der Waals surface area (Å²) in [6, 6.07) is 13.8. The molecule has 0 fully saturated rings. The predicted molar refractivity (Wildman–Crippen MR) is 153 cm³/mol. The Labute approximate surface area is 233 Å². The molecule has 2 atom stereocenters. The van der Waals surface area contributed by atoms with Gasteiger partial charge in [0, 0.05) is 18.5 Å². The minimum atomic E-state index is -1.00. The van der Waals surface area contributed by atoms with Gasteiger partial charge >= 0.3 is 6.09 Å². The Morgan fingerprint density at radius 2 is 1.54 bits per heavy atom. The van der Waals surface area contributed by atoms with Crippen LogP contribution < -0.4 is 10.6 Å². The van der Waals surface area contributed by atoms with Crippen LogP contribution >= 0.6 is 0 Å². The first-order chi connectivity index (χ1) is 18.2. The van der Waals surface area contributed by atoms with E-state index in [-0.39, 0.29) is 24.0 Å². The van der Waals surface area contributed by atoms with Gasteiger partial charge in [0.2, 0.25) is 11.8 Å². The molecular formula is C31H45N3O5. The Morgan fingerprint density at radius 3 is 2.08 bits per heavy atom. The molecule has 8 heteroatoms. The average molecular weight is 540 g/mol. The number of benzene rings is 2. The number of carbonyl (C=O) groups is 3. The SMILES string of the molecule is CCCCCN(C(=O)C(Cc1ccc(O)cc1)NC(=O)OC(C)(C)C)C(C(=O)NC(C)(C)C)c1ccccc1. The number of ether oxygens (including phenoxy) is 1. The van der Waals surface area contributed by atoms with Crippen LogP contribution in [-0.2, 0) is 20.7 Å². The van der Waals surface area contributed by atoms with Gasteiger partial charge in [-0.3, -0.25) is 9.59 Å². The number of phenolic OH excluding ortho intramolecular Hbond substituents is 1. The summed E-state index contributed by atoms with van der Waals surface area (Å²) in [5, 5.41) is 15.5. The molecule has 0 saturated heterocycles. The molecule has 2 rings (SSSR count). The number of nitrogens with one attached hydrogen (secondary N) is 2. The second kappa shape index (κ2) is 14.0. The van der Waals surface area contributed by atoms with Crippen LogP contribution in [0.15, 0.2) is 54.6 Å². The van der Waals surface area contributed by atoms with E-state index in [1.807, 2.05) is 51.1 Å². The molecule has 0 aliphatic heterocycles. The smallest absolute Gasteiger partial charge is 0.408 e. The molecule has 0 heterocycles. The van der Waals surface area contributed by atoms with E-state index >= 15 is 0 Å². The van der Waals surface area contributed by atoms with E-state index in [9.17, 15) is 19.5 Å². The maximum Gasteiger partial charge on any atom is 0.408 e. The van der Waals surface area contributed by atoms with Crippen LogP contribution in [0.1, 0.15) is 84.9 Å². The number of unbranched alkanes of at least 4 members (excludes halogenated alkanes) is 2. The third-order valence-electron chi connectivity index (χ3n) is 5.82. The lowest BCUT2D eigenvalue weighted by atomic mass is 9.98. The van der Waals surface area contributed by atoms with Gasteiger partial charge in [-0.15, -0.1) is 0 Å². The monoisotopic (exact) mass is 539 g/mol. The van der Waals surface area contributed by atoms with E-state index < -0.39 is 29.3 Å². The molecule has 0 saturated carbocycles. The lowest BCUT2D eigenvalue weighted by Gasteiger charge is -2.36. The number of nitrogens with zero attached hydrogens (tertiary/aromatic N) is 1. The minimum absolute atomic E-state index is 0.103. The Balaban J connectivity index is 2.54. The first-order valence-corrected chi connectivity index (χ1v) is 13.6. The fraction of sp³-hybridized carbons (Fsp3) is 0.516. The van der Waals surface area contributed by atoms with Gasteiger partial charge in [0.1, 0.15) is 23.4 Å². The second-order valence-corrected chi connectivity index (χ2v) is 11.9. The van der Waals surface area contributed by atoms with Gasteiger partial charge in [-0.1, -0.05) is 62.2 Å². The zero-order valence-electron chi connectivity index (χ0n) is 24.4. The first kappa shape index (κ1) is 31.7. The lowest BCUT2D eigenvalue weighted by molar-refractivity contribution is -0.143. The molecule has 39 heavy (non-hydrogen) atoms. The van der Waals surface area contributed by atoms with Gasteiger partial charge in [-0.2, -0.15) is 0 Å². The molecule has 214 valence electrons. The zero-order chi connectivity index (χ0) is 29.2. The van der Waals surface area contributed by atoms with Crippen LogP contribution in [-0.4, -0.2) is 51.6 Å². The van der Waals surface area contributed by atoms with E-state index in [4.69, 9.17) is 4.74 Å². The Hall–Kier alpha value is -3.55. The molecule has 0 spiro atoms. The van der Waals surface area contributed by atoms with Crippen LogP contribution in [0, 0.1) is 0 Å². The summed E-state index contributed by atoms with van der Waals surface area (Å²) in [4.78, 5) is 42.5. The number of hydrogen-bond donors (Lipinski definition) is 3. The Kier molecular flexibility index (Phi) is 11.4. The van der Waals surface area contributed by atoms with Crippen molar-refractivity contribution in [2.24, 2.45) is 0 Å². The van der Waals surface area contributed by atoms with Gasteiger partial charge in [0.25, 0.3) is 0 Å². The van der Waals surface area contributed by atoms with Crippen LogP contribution in [0.25, 0.3) is 0 Å². The number of phenols is 1. The molecule has 0 aliphatic rings. The van der Waals surface area contributed by atoms with Crippen molar-refractivity contribution in [3.05, 3.63) is 65.7 Å². The highest BCUT2D eigenvalue weighted by Crippen LogP contribution is 2.25. The molecule has 0 aliphatic carbocycles. The Morgan fingerprint density at radius 1 is 0.923 bits per heavy atom. The van der Waals surface area contributed by atoms with Gasteiger partial charge in [-0.25, -0.2) is 4.79 Å². The van der Waals surface area contributed by atoms with Crippen molar-refractivity contribution in [1.82, 2.24) is 15.5 Å². The van der Waals surface area contributed by atoms with Crippen LogP contribution in [0.3, 0.4) is 0 Å². The molecule has 2 aromatic rings. The number of rotatable bonds is 11. The van der Waals surface area contributed by atoms with E-state index in [2.05, 4.69) is 17.6 Å². The molecule has 3 amide bonds. The third kappa shape index (κ3) is 11.0. The normalized spacial score (nSPS) is 13.2. The van der Waals surface area contributed by atoms with E-state index in [0.29, 0.717) is 18.5 Å². The molecule has 0 aromatic heterocycles. The van der Waals surface area contributed by atoms with Crippen molar-refractivity contribution in [3.63, 3.8) is 0 Å². The quantitative estimate of drug-likeness (QED) is 0.327. The maximum atomic E-state index is 14.3. The standard InChI is InChI=1S/C31H45N3O5/c1-8-9-13-20-34(26(23-14-11-10-12-15-23)27(36)33-30(2,3)4)28(37)25(32-29(38)39-31(5,6)7)21-22-16-18-24(35)19-17-22/h10-12,14-19,25-26,35H,8-9,13,20-21H2,1-7H3,(H,32,38)(H,33,36). The van der Waals surface area contributed by atoms with Gasteiger partial charge in [-0.05, 0) is 71.2 Å². The number of hydrogen-bond acceptors (Lipinski definition) is 5. The van der Waals surface area contributed by atoms with E-state index in [0.717, 1.165) is 18.4 Å². The largest absolute Gasteiger partial charge is 0.508 e. The van der Waals surface area contributed by atoms with Crippen molar-refractivity contribution >= 4 is 17.9 Å². The fourth-order valence-corrected chi connectivity index (χ4v) is 4.16. The number of aromatic hydroxyl groups is 1. The van der Waals surface area contributed by atoms with Crippen molar-refractivity contribution in [1.29, 1.82) is 0 Å². The molecule has 8 nitrogen and oxygen atoms in total. The highest BCUT2D eigenvalue weighted by atomic mass is 16.6. The maximum absolute atomic E-state index is 14.3. The summed E-state index contributed by atoms with van der Waals surface area (Å²) < 4.78 is 5.47. The van der Waals surface area contributed by atoms with Crippen LogP contribution in [0.5, 0.6) is 5.75 Å². The number of amides is 3. The minimum Gasteiger partial charge on any atom is -0.508 e. The van der Waals surface area contributed by atoms with Crippen molar-refractivity contribution in [3.8, 4) is 5.75 Å². The summed E-state index contributed by atoms with van der Waals surface area (Å²) in [5.74, 6) is -0.576. The van der Waals surface area contributed by atoms with E-state index in [1.54, 1.807) is 37.8 Å². The molecular weight excluding hydrogens is 494 g/mol. The van der Waals surface area contributed by atoms with Gasteiger partial charge in [0.15, 0.2) is 0 Å². The predicted octanol–water partition coefficient (Wildman–Crippen LogP) is 5.50. The highest BCUT2D eigenvalue weighted by Gasteiger charge is 2.37. The van der Waals surface area contributed by atoms with Crippen LogP contribution in [0.2, 0.25) is 0 Å². The fourth-order valence-electron chi connectivity index (χ4n) is 4.16. The van der Waals surface area contributed by atoms with Crippen molar-refractivity contribution in [2.75, 3.05) is 6.54 Å². The summed E-state index contributed by atoms with van der Waals surface area (Å²) >= 11 is 0. The third-order valence-corrected chi connectivity index (χ3v) is 5.82. The molecule has 0 bridgehead atoms. The van der Waals surface area contributed by atoms with E-state index in [1.165, 1.54) is 12.1 Å². The van der Waals surface area contributed by atoms with Crippen LogP contribution in [0.4, 0.5) is 4.79 Å². The van der Waals surface area contributed by atoms with Crippen molar-refractivity contribution in [2.45, 2.75) is 97.4 Å². The summed E-state index contributed by atoms with van der Waals surface area (Å²) in [7, 11) is 0. The molecule has 2 unspecified atom stereocenters. The summed E-state index contributed by atoms with van der Waals surface area (Å²) in [6.07, 6.45) is 1.97. The molecule has 3 N–H and O–H groups in total. The molecule has 0 radical (unpaired) electrons. The molecule has 2 aromatic carbocycles. The van der Waals surface area contributed by atoms with Gasteiger partial charge in [0.05, 0.1) is 0 Å². The summed E-state index contributed by atoms with van der Waals surface area (Å²) in [5.41, 5.74) is 0.162. The van der Waals surface area contributed by atoms with Gasteiger partial charge < -0.3 is 25.4 Å². The lowest BCUT2D eigenvalue weighted by Crippen LogP contribution is -2.55. The topological polar surface area (TPSA) is 108 Å². The first-order valence-electron chi connectivity index (χ1n) is 13.6.